The van der Waals surface area contributed by atoms with Crippen molar-refractivity contribution in [3.8, 4) is 0 Å². The largest absolute Gasteiger partial charge is 0.313 e. The first-order valence-corrected chi connectivity index (χ1v) is 11.7. The summed E-state index contributed by atoms with van der Waals surface area (Å²) in [4.78, 5) is 2.62. The average molecular weight is 411 g/mol. The number of benzene rings is 1. The predicted molar refractivity (Wildman–Crippen MR) is 118 cm³/mol. The Morgan fingerprint density at radius 2 is 1.78 bits per heavy atom. The van der Waals surface area contributed by atoms with Gasteiger partial charge in [-0.15, -0.1) is 0 Å². The van der Waals surface area contributed by atoms with Gasteiger partial charge in [0.1, 0.15) is 0 Å². The van der Waals surface area contributed by atoms with Crippen molar-refractivity contribution in [1.82, 2.24) is 10.2 Å². The topological polar surface area (TPSA) is 15.3 Å². The van der Waals surface area contributed by atoms with E-state index in [0.29, 0.717) is 22.0 Å². The summed E-state index contributed by atoms with van der Waals surface area (Å²) in [6, 6.07) is 6.82. The lowest BCUT2D eigenvalue weighted by Crippen LogP contribution is -2.53. The Hall–Kier alpha value is -0.280. The van der Waals surface area contributed by atoms with E-state index in [4.69, 9.17) is 23.2 Å². The molecule has 1 saturated heterocycles. The normalized spacial score (nSPS) is 20.8. The highest BCUT2D eigenvalue weighted by Gasteiger charge is 2.45. The van der Waals surface area contributed by atoms with Crippen molar-refractivity contribution >= 4 is 23.2 Å². The monoisotopic (exact) mass is 410 g/mol. The van der Waals surface area contributed by atoms with Gasteiger partial charge in [-0.25, -0.2) is 0 Å². The molecule has 1 N–H and O–H groups in total. The molecule has 0 aromatic heterocycles. The molecule has 1 aromatic carbocycles. The van der Waals surface area contributed by atoms with Crippen molar-refractivity contribution in [3.63, 3.8) is 0 Å². The number of rotatable bonds is 10. The molecule has 1 heterocycles. The highest BCUT2D eigenvalue weighted by Crippen LogP contribution is 2.49. The van der Waals surface area contributed by atoms with E-state index in [2.05, 4.69) is 36.2 Å². The first-order chi connectivity index (χ1) is 13.0. The molecule has 27 heavy (non-hydrogen) atoms. The molecule has 0 amide bonds. The van der Waals surface area contributed by atoms with Crippen molar-refractivity contribution in [2.75, 3.05) is 26.2 Å². The van der Waals surface area contributed by atoms with E-state index in [1.54, 1.807) is 0 Å². The van der Waals surface area contributed by atoms with Crippen LogP contribution >= 0.6 is 23.2 Å². The van der Waals surface area contributed by atoms with Crippen molar-refractivity contribution in [2.45, 2.75) is 76.7 Å². The third-order valence-corrected chi connectivity index (χ3v) is 7.34. The molecule has 2 aliphatic rings. The molecule has 1 saturated carbocycles. The van der Waals surface area contributed by atoms with Crippen molar-refractivity contribution in [2.24, 2.45) is 5.92 Å². The molecule has 0 spiro atoms. The van der Waals surface area contributed by atoms with Crippen LogP contribution in [-0.2, 0) is 5.41 Å². The summed E-state index contributed by atoms with van der Waals surface area (Å²) in [5.41, 5.74) is 1.60. The highest BCUT2D eigenvalue weighted by atomic mass is 35.5. The number of nitrogens with one attached hydrogen (secondary N) is 1. The fourth-order valence-corrected chi connectivity index (χ4v) is 5.22. The Bertz CT molecular complexity index is 592. The lowest BCUT2D eigenvalue weighted by atomic mass is 9.59. The summed E-state index contributed by atoms with van der Waals surface area (Å²) in [5.74, 6) is 0.687. The molecule has 1 aromatic rings. The van der Waals surface area contributed by atoms with Gasteiger partial charge in [0.15, 0.2) is 0 Å². The van der Waals surface area contributed by atoms with Crippen LogP contribution in [-0.4, -0.2) is 37.1 Å². The summed E-state index contributed by atoms with van der Waals surface area (Å²) in [5, 5.41) is 5.30. The van der Waals surface area contributed by atoms with E-state index in [1.807, 2.05) is 6.07 Å². The number of hydrogen-bond donors (Lipinski definition) is 1. The molecule has 1 unspecified atom stereocenters. The Balaban J connectivity index is 1.60. The van der Waals surface area contributed by atoms with Crippen molar-refractivity contribution < 1.29 is 0 Å². The summed E-state index contributed by atoms with van der Waals surface area (Å²) < 4.78 is 0. The Morgan fingerprint density at radius 3 is 2.37 bits per heavy atom. The van der Waals surface area contributed by atoms with Gasteiger partial charge in [0, 0.05) is 11.5 Å². The summed E-state index contributed by atoms with van der Waals surface area (Å²) in [6.45, 7) is 9.68. The quantitative estimate of drug-likeness (QED) is 0.455. The SMILES string of the molecule is CC(C)CC(NCCCCN1CCCC1)C1(c2ccc(Cl)c(Cl)c2)CCC1. The highest BCUT2D eigenvalue weighted by molar-refractivity contribution is 6.42. The van der Waals surface area contributed by atoms with Crippen LogP contribution < -0.4 is 5.32 Å². The van der Waals surface area contributed by atoms with E-state index in [9.17, 15) is 0 Å². The molecule has 4 heteroatoms. The maximum absolute atomic E-state index is 6.36. The third kappa shape index (κ3) is 5.41. The summed E-state index contributed by atoms with van der Waals surface area (Å²) in [6.07, 6.45) is 10.4. The number of nitrogens with zero attached hydrogens (tertiary/aromatic N) is 1. The molecule has 0 radical (unpaired) electrons. The Kier molecular flexibility index (Phi) is 7.91. The lowest BCUT2D eigenvalue weighted by Gasteiger charge is -2.49. The zero-order valence-corrected chi connectivity index (χ0v) is 18.6. The smallest absolute Gasteiger partial charge is 0.0595 e. The second kappa shape index (κ2) is 9.96. The Labute approximate surface area is 176 Å². The van der Waals surface area contributed by atoms with Crippen molar-refractivity contribution in [1.29, 1.82) is 0 Å². The summed E-state index contributed by atoms with van der Waals surface area (Å²) >= 11 is 12.5. The minimum Gasteiger partial charge on any atom is -0.313 e. The van der Waals surface area contributed by atoms with E-state index in [1.165, 1.54) is 76.6 Å². The van der Waals surface area contributed by atoms with Gasteiger partial charge in [0.25, 0.3) is 0 Å². The number of hydrogen-bond acceptors (Lipinski definition) is 2. The molecule has 2 fully saturated rings. The molecule has 0 bridgehead atoms. The van der Waals surface area contributed by atoms with E-state index in [0.717, 1.165) is 6.54 Å². The Morgan fingerprint density at radius 1 is 1.04 bits per heavy atom. The van der Waals surface area contributed by atoms with Crippen LogP contribution in [0.4, 0.5) is 0 Å². The molecule has 1 atom stereocenters. The van der Waals surface area contributed by atoms with Crippen LogP contribution in [0.2, 0.25) is 10.0 Å². The molecular weight excluding hydrogens is 375 g/mol. The fourth-order valence-electron chi connectivity index (χ4n) is 4.92. The second-order valence-corrected chi connectivity index (χ2v) is 9.85. The molecule has 152 valence electrons. The van der Waals surface area contributed by atoms with E-state index < -0.39 is 0 Å². The van der Waals surface area contributed by atoms with Crippen LogP contribution in [0.15, 0.2) is 18.2 Å². The van der Waals surface area contributed by atoms with Crippen LogP contribution in [0, 0.1) is 5.92 Å². The minimum absolute atomic E-state index is 0.230. The van der Waals surface area contributed by atoms with Crippen LogP contribution in [0.1, 0.15) is 70.8 Å². The van der Waals surface area contributed by atoms with Gasteiger partial charge >= 0.3 is 0 Å². The fraction of sp³-hybridized carbons (Fsp3) is 0.739. The van der Waals surface area contributed by atoms with E-state index in [-0.39, 0.29) is 5.41 Å². The van der Waals surface area contributed by atoms with Gasteiger partial charge in [-0.3, -0.25) is 0 Å². The number of unbranched alkanes of at least 4 members (excludes halogenated alkanes) is 1. The first-order valence-electron chi connectivity index (χ1n) is 10.9. The van der Waals surface area contributed by atoms with Crippen LogP contribution in [0.25, 0.3) is 0 Å². The maximum Gasteiger partial charge on any atom is 0.0595 e. The van der Waals surface area contributed by atoms with Crippen LogP contribution in [0.3, 0.4) is 0 Å². The molecule has 2 nitrogen and oxygen atoms in total. The maximum atomic E-state index is 6.36. The summed E-state index contributed by atoms with van der Waals surface area (Å²) in [7, 11) is 0. The average Bonchev–Trinajstić information content (AvgIpc) is 3.09. The zero-order valence-electron chi connectivity index (χ0n) is 17.1. The van der Waals surface area contributed by atoms with Gasteiger partial charge in [-0.1, -0.05) is 49.5 Å². The minimum atomic E-state index is 0.230. The standard InChI is InChI=1S/C23H36Cl2N2/c1-18(2)16-22(26-12-3-4-13-27-14-5-6-15-27)23(10-7-11-23)19-8-9-20(24)21(25)17-19/h8-9,17-18,22,26H,3-7,10-16H2,1-2H3. The van der Waals surface area contributed by atoms with Gasteiger partial charge in [0.05, 0.1) is 10.0 Å². The molecular formula is C23H36Cl2N2. The van der Waals surface area contributed by atoms with E-state index >= 15 is 0 Å². The molecule has 3 rings (SSSR count). The van der Waals surface area contributed by atoms with Gasteiger partial charge in [0.2, 0.25) is 0 Å². The van der Waals surface area contributed by atoms with Crippen molar-refractivity contribution in [3.05, 3.63) is 33.8 Å². The zero-order chi connectivity index (χ0) is 19.3. The molecule has 1 aliphatic heterocycles. The predicted octanol–water partition coefficient (Wildman–Crippen LogP) is 6.30. The third-order valence-electron chi connectivity index (χ3n) is 6.60. The first kappa shape index (κ1) is 21.4. The molecule has 1 aliphatic carbocycles. The van der Waals surface area contributed by atoms with Gasteiger partial charge < -0.3 is 10.2 Å². The number of halogens is 2. The van der Waals surface area contributed by atoms with Gasteiger partial charge in [-0.05, 0) is 94.7 Å². The van der Waals surface area contributed by atoms with Crippen LogP contribution in [0.5, 0.6) is 0 Å². The lowest BCUT2D eigenvalue weighted by molar-refractivity contribution is 0.150. The van der Waals surface area contributed by atoms with Gasteiger partial charge in [-0.2, -0.15) is 0 Å². The second-order valence-electron chi connectivity index (χ2n) is 9.03. The number of likely N-dealkylation sites (tertiary alicyclic amines) is 1.